The minimum Gasteiger partial charge on any atom is -0.394 e. The number of aliphatic hydroxyl groups excluding tert-OH is 1. The van der Waals surface area contributed by atoms with E-state index in [9.17, 15) is 0 Å². The molecule has 2 nitrogen and oxygen atoms in total. The highest BCUT2D eigenvalue weighted by Crippen LogP contribution is 2.25. The summed E-state index contributed by atoms with van der Waals surface area (Å²) in [4.78, 5) is 0. The first kappa shape index (κ1) is 13.2. The lowest BCUT2D eigenvalue weighted by Gasteiger charge is -2.10. The molecule has 0 radical (unpaired) electrons. The van der Waals surface area contributed by atoms with E-state index in [1.807, 2.05) is 6.07 Å². The summed E-state index contributed by atoms with van der Waals surface area (Å²) in [6.07, 6.45) is 0. The fourth-order valence-corrected chi connectivity index (χ4v) is 1.62. The summed E-state index contributed by atoms with van der Waals surface area (Å²) < 4.78 is 0.869. The molecule has 1 aromatic carbocycles. The molecule has 0 unspecified atom stereocenters. The molecular formula is C8H10BrCl2NO. The molecular weight excluding hydrogens is 277 g/mol. The summed E-state index contributed by atoms with van der Waals surface area (Å²) in [6.45, 7) is -0.0844. The van der Waals surface area contributed by atoms with E-state index in [4.69, 9.17) is 22.4 Å². The molecule has 0 spiro atoms. The van der Waals surface area contributed by atoms with Crippen molar-refractivity contribution in [2.75, 3.05) is 6.61 Å². The first-order valence-electron chi connectivity index (χ1n) is 3.46. The lowest BCUT2D eigenvalue weighted by Crippen LogP contribution is -2.14. The van der Waals surface area contributed by atoms with Crippen LogP contribution in [0.3, 0.4) is 0 Å². The zero-order valence-electron chi connectivity index (χ0n) is 6.71. The third-order valence-corrected chi connectivity index (χ3v) is 2.51. The minimum atomic E-state index is -0.377. The topological polar surface area (TPSA) is 46.2 Å². The van der Waals surface area contributed by atoms with Crippen molar-refractivity contribution in [2.24, 2.45) is 5.73 Å². The molecule has 1 rings (SSSR count). The average Bonchev–Trinajstić information content (AvgIpc) is 2.08. The third-order valence-electron chi connectivity index (χ3n) is 1.55. The zero-order valence-corrected chi connectivity index (χ0v) is 9.86. The highest BCUT2D eigenvalue weighted by atomic mass is 79.9. The molecule has 13 heavy (non-hydrogen) atoms. The Morgan fingerprint density at radius 1 is 1.54 bits per heavy atom. The van der Waals surface area contributed by atoms with Crippen LogP contribution in [-0.4, -0.2) is 11.7 Å². The van der Waals surface area contributed by atoms with Gasteiger partial charge in [-0.25, -0.2) is 0 Å². The maximum Gasteiger partial charge on any atom is 0.0624 e. The molecule has 0 saturated carbocycles. The molecule has 5 heteroatoms. The lowest BCUT2D eigenvalue weighted by atomic mass is 10.1. The number of nitrogens with two attached hydrogens (primary N) is 1. The molecule has 0 heterocycles. The van der Waals surface area contributed by atoms with Crippen LogP contribution in [0, 0.1) is 0 Å². The van der Waals surface area contributed by atoms with Crippen LogP contribution in [0.4, 0.5) is 0 Å². The van der Waals surface area contributed by atoms with Crippen molar-refractivity contribution in [3.05, 3.63) is 33.3 Å². The van der Waals surface area contributed by atoms with Crippen LogP contribution in [0.15, 0.2) is 22.7 Å². The number of rotatable bonds is 2. The Bertz CT molecular complexity index is 283. The van der Waals surface area contributed by atoms with Gasteiger partial charge in [-0.15, -0.1) is 12.4 Å². The summed E-state index contributed by atoms with van der Waals surface area (Å²) in [5.41, 5.74) is 6.45. The van der Waals surface area contributed by atoms with Gasteiger partial charge >= 0.3 is 0 Å². The molecule has 0 aromatic heterocycles. The van der Waals surface area contributed by atoms with Crippen molar-refractivity contribution in [2.45, 2.75) is 6.04 Å². The van der Waals surface area contributed by atoms with Gasteiger partial charge in [0.05, 0.1) is 12.6 Å². The van der Waals surface area contributed by atoms with Gasteiger partial charge in [-0.1, -0.05) is 27.5 Å². The Kier molecular flexibility index (Phi) is 5.92. The standard InChI is InChI=1S/C8H9BrClNO.ClH/c9-7-2-1-5(10)3-6(7)8(11)4-12;/h1-3,8,12H,4,11H2;1H/t8-;/m0./s1. The second-order valence-corrected chi connectivity index (χ2v) is 3.75. The molecule has 0 aliphatic rings. The highest BCUT2D eigenvalue weighted by molar-refractivity contribution is 9.10. The number of aliphatic hydroxyl groups is 1. The monoisotopic (exact) mass is 285 g/mol. The average molecular weight is 287 g/mol. The number of hydrogen-bond donors (Lipinski definition) is 2. The summed E-state index contributed by atoms with van der Waals surface area (Å²) in [5, 5.41) is 9.44. The van der Waals surface area contributed by atoms with E-state index in [2.05, 4.69) is 15.9 Å². The molecule has 3 N–H and O–H groups in total. The van der Waals surface area contributed by atoms with Crippen molar-refractivity contribution >= 4 is 39.9 Å². The molecule has 1 atom stereocenters. The molecule has 0 aliphatic heterocycles. The van der Waals surface area contributed by atoms with Crippen LogP contribution in [0.1, 0.15) is 11.6 Å². The second-order valence-electron chi connectivity index (χ2n) is 2.45. The second kappa shape index (κ2) is 5.83. The van der Waals surface area contributed by atoms with Crippen molar-refractivity contribution < 1.29 is 5.11 Å². The van der Waals surface area contributed by atoms with E-state index < -0.39 is 0 Å². The van der Waals surface area contributed by atoms with Gasteiger partial charge in [0.2, 0.25) is 0 Å². The van der Waals surface area contributed by atoms with Crippen molar-refractivity contribution in [1.29, 1.82) is 0 Å². The predicted molar refractivity (Wildman–Crippen MR) is 60.4 cm³/mol. The van der Waals surface area contributed by atoms with Gasteiger partial charge in [-0.3, -0.25) is 0 Å². The Hall–Kier alpha value is 0.200. The first-order valence-corrected chi connectivity index (χ1v) is 4.63. The van der Waals surface area contributed by atoms with Gasteiger partial charge in [0.25, 0.3) is 0 Å². The summed E-state index contributed by atoms with van der Waals surface area (Å²) in [7, 11) is 0. The lowest BCUT2D eigenvalue weighted by molar-refractivity contribution is 0.267. The van der Waals surface area contributed by atoms with Crippen LogP contribution in [0.25, 0.3) is 0 Å². The third kappa shape index (κ3) is 3.44. The van der Waals surface area contributed by atoms with Crippen LogP contribution >= 0.6 is 39.9 Å². The maximum absolute atomic E-state index is 8.81. The Labute approximate surface area is 96.6 Å². The molecule has 1 aromatic rings. The molecule has 0 fully saturated rings. The van der Waals surface area contributed by atoms with Crippen molar-refractivity contribution in [3.63, 3.8) is 0 Å². The molecule has 0 saturated heterocycles. The largest absolute Gasteiger partial charge is 0.394 e. The van der Waals surface area contributed by atoms with Gasteiger partial charge in [-0.05, 0) is 23.8 Å². The van der Waals surface area contributed by atoms with E-state index in [1.165, 1.54) is 0 Å². The van der Waals surface area contributed by atoms with Gasteiger partial charge in [0, 0.05) is 9.50 Å². The van der Waals surface area contributed by atoms with Crippen LogP contribution < -0.4 is 5.73 Å². The number of hydrogen-bond acceptors (Lipinski definition) is 2. The van der Waals surface area contributed by atoms with Crippen molar-refractivity contribution in [1.82, 2.24) is 0 Å². The maximum atomic E-state index is 8.81. The van der Waals surface area contributed by atoms with Crippen LogP contribution in [0.5, 0.6) is 0 Å². The van der Waals surface area contributed by atoms with E-state index in [0.29, 0.717) is 5.02 Å². The summed E-state index contributed by atoms with van der Waals surface area (Å²) in [5.74, 6) is 0. The predicted octanol–water partition coefficient (Wildman–Crippen LogP) is 2.52. The van der Waals surface area contributed by atoms with Gasteiger partial charge in [-0.2, -0.15) is 0 Å². The van der Waals surface area contributed by atoms with Crippen LogP contribution in [0.2, 0.25) is 5.02 Å². The Morgan fingerprint density at radius 2 is 2.15 bits per heavy atom. The van der Waals surface area contributed by atoms with Gasteiger partial charge in [0.15, 0.2) is 0 Å². The number of halogens is 3. The van der Waals surface area contributed by atoms with E-state index in [-0.39, 0.29) is 25.1 Å². The summed E-state index contributed by atoms with van der Waals surface area (Å²) >= 11 is 9.08. The smallest absolute Gasteiger partial charge is 0.0624 e. The zero-order chi connectivity index (χ0) is 9.14. The van der Waals surface area contributed by atoms with E-state index in [1.54, 1.807) is 12.1 Å². The fraction of sp³-hybridized carbons (Fsp3) is 0.250. The van der Waals surface area contributed by atoms with E-state index >= 15 is 0 Å². The van der Waals surface area contributed by atoms with Crippen molar-refractivity contribution in [3.8, 4) is 0 Å². The highest BCUT2D eigenvalue weighted by Gasteiger charge is 2.08. The normalized spacial score (nSPS) is 12.0. The van der Waals surface area contributed by atoms with Gasteiger partial charge in [0.1, 0.15) is 0 Å². The quantitative estimate of drug-likeness (QED) is 0.878. The van der Waals surface area contributed by atoms with Gasteiger partial charge < -0.3 is 10.8 Å². The van der Waals surface area contributed by atoms with Crippen LogP contribution in [-0.2, 0) is 0 Å². The molecule has 0 aliphatic carbocycles. The summed E-state index contributed by atoms with van der Waals surface area (Å²) in [6, 6.07) is 4.94. The van der Waals surface area contributed by atoms with E-state index in [0.717, 1.165) is 10.0 Å². The molecule has 74 valence electrons. The SMILES string of the molecule is Cl.N[C@@H](CO)c1cc(Cl)ccc1Br. The fourth-order valence-electron chi connectivity index (χ4n) is 0.897. The Morgan fingerprint density at radius 3 is 2.69 bits per heavy atom. The first-order chi connectivity index (χ1) is 5.65. The number of benzene rings is 1. The molecule has 0 bridgehead atoms. The minimum absolute atomic E-state index is 0. The Balaban J connectivity index is 0.00000144. The molecule has 0 amide bonds.